The number of halogens is 1. The molecule has 7 heteroatoms. The van der Waals surface area contributed by atoms with Gasteiger partial charge in [0, 0.05) is 6.04 Å². The maximum atomic E-state index is 12.9. The molecule has 0 saturated carbocycles. The molecule has 2 N–H and O–H groups in total. The molecular formula is C16H14FNO4S. The van der Waals surface area contributed by atoms with Crippen LogP contribution in [0.3, 0.4) is 0 Å². The van der Waals surface area contributed by atoms with Crippen molar-refractivity contribution in [2.75, 3.05) is 0 Å². The number of carboxylic acid groups (broad SMARTS) is 1. The predicted octanol–water partition coefficient (Wildman–Crippen LogP) is 2.49. The zero-order valence-electron chi connectivity index (χ0n) is 12.0. The van der Waals surface area contributed by atoms with E-state index in [-0.39, 0.29) is 10.5 Å². The highest BCUT2D eigenvalue weighted by molar-refractivity contribution is 7.89. The molecule has 0 amide bonds. The van der Waals surface area contributed by atoms with E-state index in [1.165, 1.54) is 24.3 Å². The highest BCUT2D eigenvalue weighted by atomic mass is 32.2. The first kappa shape index (κ1) is 15.6. The Morgan fingerprint density at radius 1 is 1.17 bits per heavy atom. The van der Waals surface area contributed by atoms with E-state index >= 15 is 0 Å². The van der Waals surface area contributed by atoms with Gasteiger partial charge in [0.1, 0.15) is 5.82 Å². The minimum atomic E-state index is -3.80. The molecule has 1 unspecified atom stereocenters. The first-order valence-electron chi connectivity index (χ1n) is 7.01. The van der Waals surface area contributed by atoms with Gasteiger partial charge in [-0.15, -0.1) is 0 Å². The van der Waals surface area contributed by atoms with E-state index in [0.717, 1.165) is 17.7 Å². The predicted molar refractivity (Wildman–Crippen MR) is 81.2 cm³/mol. The Morgan fingerprint density at radius 2 is 1.87 bits per heavy atom. The lowest BCUT2D eigenvalue weighted by Gasteiger charge is -2.15. The van der Waals surface area contributed by atoms with Crippen LogP contribution in [0.1, 0.15) is 33.9 Å². The van der Waals surface area contributed by atoms with Crippen molar-refractivity contribution in [2.45, 2.75) is 23.8 Å². The fourth-order valence-corrected chi connectivity index (χ4v) is 3.98. The van der Waals surface area contributed by atoms with Crippen molar-refractivity contribution in [2.24, 2.45) is 0 Å². The van der Waals surface area contributed by atoms with Gasteiger partial charge in [-0.1, -0.05) is 6.07 Å². The largest absolute Gasteiger partial charge is 0.478 e. The summed E-state index contributed by atoms with van der Waals surface area (Å²) < 4.78 is 40.3. The Morgan fingerprint density at radius 3 is 2.52 bits per heavy atom. The van der Waals surface area contributed by atoms with Crippen LogP contribution in [0.15, 0.2) is 47.4 Å². The summed E-state index contributed by atoms with van der Waals surface area (Å²) in [7, 11) is -3.80. The number of rotatable bonds is 4. The van der Waals surface area contributed by atoms with Crippen LogP contribution in [0.25, 0.3) is 0 Å². The minimum Gasteiger partial charge on any atom is -0.478 e. The molecule has 2 aromatic carbocycles. The second-order valence-corrected chi connectivity index (χ2v) is 7.10. The molecule has 1 aliphatic carbocycles. The van der Waals surface area contributed by atoms with Gasteiger partial charge in [0.2, 0.25) is 10.0 Å². The summed E-state index contributed by atoms with van der Waals surface area (Å²) in [4.78, 5) is 11.0. The first-order valence-corrected chi connectivity index (χ1v) is 8.49. The van der Waals surface area contributed by atoms with Crippen LogP contribution in [-0.4, -0.2) is 19.5 Å². The Kier molecular flexibility index (Phi) is 3.91. The molecule has 23 heavy (non-hydrogen) atoms. The number of nitrogens with one attached hydrogen (secondary N) is 1. The lowest BCUT2D eigenvalue weighted by atomic mass is 10.0. The number of carboxylic acids is 1. The molecule has 2 aromatic rings. The normalized spacial score (nSPS) is 17.0. The number of hydrogen-bond donors (Lipinski definition) is 2. The van der Waals surface area contributed by atoms with E-state index in [1.54, 1.807) is 6.07 Å². The van der Waals surface area contributed by atoms with Gasteiger partial charge >= 0.3 is 5.97 Å². The van der Waals surface area contributed by atoms with Crippen molar-refractivity contribution >= 4 is 16.0 Å². The summed E-state index contributed by atoms with van der Waals surface area (Å²) >= 11 is 0. The number of benzene rings is 2. The number of hydrogen-bond acceptors (Lipinski definition) is 3. The monoisotopic (exact) mass is 335 g/mol. The van der Waals surface area contributed by atoms with Crippen molar-refractivity contribution in [3.63, 3.8) is 0 Å². The summed E-state index contributed by atoms with van der Waals surface area (Å²) in [5, 5.41) is 9.06. The quantitative estimate of drug-likeness (QED) is 0.899. The fourth-order valence-electron chi connectivity index (χ4n) is 2.73. The van der Waals surface area contributed by atoms with Gasteiger partial charge in [-0.2, -0.15) is 0 Å². The zero-order valence-corrected chi connectivity index (χ0v) is 12.8. The second kappa shape index (κ2) is 5.75. The van der Waals surface area contributed by atoms with E-state index in [1.807, 2.05) is 0 Å². The van der Waals surface area contributed by atoms with Crippen molar-refractivity contribution in [3.05, 3.63) is 65.0 Å². The van der Waals surface area contributed by atoms with Crippen LogP contribution < -0.4 is 4.72 Å². The van der Waals surface area contributed by atoms with Gasteiger partial charge < -0.3 is 5.11 Å². The van der Waals surface area contributed by atoms with Crippen LogP contribution in [0.2, 0.25) is 0 Å². The van der Waals surface area contributed by atoms with Crippen molar-refractivity contribution in [1.29, 1.82) is 0 Å². The van der Waals surface area contributed by atoms with E-state index in [9.17, 15) is 17.6 Å². The Labute approximate surface area is 132 Å². The van der Waals surface area contributed by atoms with Crippen LogP contribution >= 0.6 is 0 Å². The summed E-state index contributed by atoms with van der Waals surface area (Å²) in [6.07, 6.45) is 1.23. The van der Waals surface area contributed by atoms with E-state index in [2.05, 4.69) is 4.72 Å². The van der Waals surface area contributed by atoms with Crippen molar-refractivity contribution in [1.82, 2.24) is 4.72 Å². The summed E-state index contributed by atoms with van der Waals surface area (Å²) in [6, 6.07) is 8.80. The molecule has 0 heterocycles. The average molecular weight is 335 g/mol. The average Bonchev–Trinajstić information content (AvgIpc) is 2.89. The molecule has 0 saturated heterocycles. The SMILES string of the molecule is O=C(O)c1ccc2c(c1)C(NS(=O)(=O)c1ccc(F)cc1)CC2. The summed E-state index contributed by atoms with van der Waals surface area (Å²) in [6.45, 7) is 0. The molecule has 0 aromatic heterocycles. The molecule has 0 radical (unpaired) electrons. The second-order valence-electron chi connectivity index (χ2n) is 5.39. The van der Waals surface area contributed by atoms with Gasteiger partial charge in [0.25, 0.3) is 0 Å². The van der Waals surface area contributed by atoms with Crippen molar-refractivity contribution in [3.8, 4) is 0 Å². The zero-order chi connectivity index (χ0) is 16.6. The van der Waals surface area contributed by atoms with Crippen LogP contribution in [0.5, 0.6) is 0 Å². The van der Waals surface area contributed by atoms with Gasteiger partial charge in [-0.25, -0.2) is 22.3 Å². The van der Waals surface area contributed by atoms with Gasteiger partial charge in [-0.3, -0.25) is 0 Å². The Hall–Kier alpha value is -2.25. The molecule has 0 bridgehead atoms. The van der Waals surface area contributed by atoms with E-state index in [0.29, 0.717) is 18.4 Å². The van der Waals surface area contributed by atoms with Crippen LogP contribution in [0, 0.1) is 5.82 Å². The topological polar surface area (TPSA) is 83.5 Å². The van der Waals surface area contributed by atoms with Crippen LogP contribution in [-0.2, 0) is 16.4 Å². The third-order valence-electron chi connectivity index (χ3n) is 3.89. The first-order chi connectivity index (χ1) is 10.9. The standard InChI is InChI=1S/C16H14FNO4S/c17-12-4-6-13(7-5-12)23(21,22)18-15-8-3-10-1-2-11(16(19)20)9-14(10)15/h1-2,4-7,9,15,18H,3,8H2,(H,19,20). The molecule has 1 atom stereocenters. The van der Waals surface area contributed by atoms with Gasteiger partial charge in [-0.05, 0) is 60.4 Å². The highest BCUT2D eigenvalue weighted by Crippen LogP contribution is 2.33. The Balaban J connectivity index is 1.89. The number of aryl methyl sites for hydroxylation is 1. The van der Waals surface area contributed by atoms with E-state index in [4.69, 9.17) is 5.11 Å². The molecule has 120 valence electrons. The molecule has 0 fully saturated rings. The number of fused-ring (bicyclic) bond motifs is 1. The summed E-state index contributed by atoms with van der Waals surface area (Å²) in [5.74, 6) is -1.57. The number of carbonyl (C=O) groups is 1. The highest BCUT2D eigenvalue weighted by Gasteiger charge is 2.28. The third-order valence-corrected chi connectivity index (χ3v) is 5.38. The Bertz CT molecular complexity index is 862. The van der Waals surface area contributed by atoms with Crippen LogP contribution in [0.4, 0.5) is 4.39 Å². The molecule has 5 nitrogen and oxygen atoms in total. The fraction of sp³-hybridized carbons (Fsp3) is 0.188. The molecular weight excluding hydrogens is 321 g/mol. The molecule has 0 aliphatic heterocycles. The van der Waals surface area contributed by atoms with Crippen molar-refractivity contribution < 1.29 is 22.7 Å². The maximum absolute atomic E-state index is 12.9. The number of sulfonamides is 1. The van der Waals surface area contributed by atoms with Gasteiger partial charge in [0.15, 0.2) is 0 Å². The molecule has 1 aliphatic rings. The van der Waals surface area contributed by atoms with Gasteiger partial charge in [0.05, 0.1) is 10.5 Å². The molecule has 3 rings (SSSR count). The maximum Gasteiger partial charge on any atom is 0.335 e. The number of aromatic carboxylic acids is 1. The lowest BCUT2D eigenvalue weighted by Crippen LogP contribution is -2.27. The third kappa shape index (κ3) is 3.11. The summed E-state index contributed by atoms with van der Waals surface area (Å²) in [5.41, 5.74) is 1.73. The molecule has 0 spiro atoms. The van der Waals surface area contributed by atoms with E-state index < -0.39 is 27.9 Å². The smallest absolute Gasteiger partial charge is 0.335 e. The lowest BCUT2D eigenvalue weighted by molar-refractivity contribution is 0.0696. The minimum absolute atomic E-state index is 0.0262.